The Morgan fingerprint density at radius 2 is 1.58 bits per heavy atom. The van der Waals surface area contributed by atoms with Gasteiger partial charge in [0.25, 0.3) is 5.91 Å². The van der Waals surface area contributed by atoms with E-state index in [-0.39, 0.29) is 5.91 Å². The average Bonchev–Trinajstić information content (AvgIpc) is 2.72. The molecule has 4 heteroatoms. The largest absolute Gasteiger partial charge is 0.366 e. The van der Waals surface area contributed by atoms with Gasteiger partial charge in [0, 0.05) is 25.8 Å². The number of nitrogens with zero attached hydrogens (tertiary/aromatic N) is 2. The van der Waals surface area contributed by atoms with E-state index in [1.807, 2.05) is 72.5 Å². The number of nitrogens with one attached hydrogen (secondary N) is 1. The van der Waals surface area contributed by atoms with Gasteiger partial charge in [0.15, 0.2) is 0 Å². The van der Waals surface area contributed by atoms with Gasteiger partial charge in [-0.05, 0) is 30.2 Å². The molecular formula is C22H23N3O. The topological polar surface area (TPSA) is 45.2 Å². The molecule has 0 saturated carbocycles. The van der Waals surface area contributed by atoms with Crippen molar-refractivity contribution in [2.75, 3.05) is 11.9 Å². The van der Waals surface area contributed by atoms with Crippen molar-refractivity contribution < 1.29 is 4.79 Å². The second kappa shape index (κ2) is 8.81. The minimum absolute atomic E-state index is 0.00142. The monoisotopic (exact) mass is 345 g/mol. The fourth-order valence-corrected chi connectivity index (χ4v) is 2.73. The average molecular weight is 345 g/mol. The van der Waals surface area contributed by atoms with E-state index in [1.165, 1.54) is 5.56 Å². The third-order valence-corrected chi connectivity index (χ3v) is 4.21. The van der Waals surface area contributed by atoms with Crippen LogP contribution in [0.3, 0.4) is 0 Å². The number of hydrogen-bond donors (Lipinski definition) is 1. The first-order valence-electron chi connectivity index (χ1n) is 8.83. The van der Waals surface area contributed by atoms with Gasteiger partial charge in [-0.3, -0.25) is 4.79 Å². The molecule has 1 amide bonds. The van der Waals surface area contributed by atoms with Crippen LogP contribution in [0.5, 0.6) is 0 Å². The molecule has 4 nitrogen and oxygen atoms in total. The van der Waals surface area contributed by atoms with Crippen LogP contribution in [0.15, 0.2) is 79.0 Å². The number of pyridine rings is 1. The molecule has 2 aromatic carbocycles. The summed E-state index contributed by atoms with van der Waals surface area (Å²) in [5, 5.41) is 3.27. The van der Waals surface area contributed by atoms with Crippen molar-refractivity contribution in [2.24, 2.45) is 0 Å². The Bertz CT molecular complexity index is 817. The van der Waals surface area contributed by atoms with Gasteiger partial charge >= 0.3 is 0 Å². The molecular weight excluding hydrogens is 322 g/mol. The molecule has 0 aliphatic heterocycles. The summed E-state index contributed by atoms with van der Waals surface area (Å²) in [6.07, 6.45) is 1.64. The number of rotatable bonds is 7. The Balaban J connectivity index is 1.62. The van der Waals surface area contributed by atoms with Crippen molar-refractivity contribution in [1.82, 2.24) is 9.88 Å². The summed E-state index contributed by atoms with van der Waals surface area (Å²) < 4.78 is 0. The summed E-state index contributed by atoms with van der Waals surface area (Å²) in [5.74, 6) is 0.759. The third-order valence-electron chi connectivity index (χ3n) is 4.21. The molecule has 1 N–H and O–H groups in total. The lowest BCUT2D eigenvalue weighted by Crippen LogP contribution is -2.30. The second-order valence-electron chi connectivity index (χ2n) is 6.08. The first-order valence-corrected chi connectivity index (χ1v) is 8.83. The van der Waals surface area contributed by atoms with Crippen LogP contribution < -0.4 is 5.32 Å². The Kier molecular flexibility index (Phi) is 5.99. The molecule has 26 heavy (non-hydrogen) atoms. The van der Waals surface area contributed by atoms with Crippen molar-refractivity contribution in [1.29, 1.82) is 0 Å². The van der Waals surface area contributed by atoms with Crippen molar-refractivity contribution in [3.63, 3.8) is 0 Å². The number of anilines is 1. The molecule has 0 atom stereocenters. The molecule has 0 fully saturated rings. The molecule has 0 aliphatic carbocycles. The van der Waals surface area contributed by atoms with Crippen molar-refractivity contribution in [3.8, 4) is 0 Å². The van der Waals surface area contributed by atoms with Gasteiger partial charge in [0.05, 0.1) is 5.56 Å². The Morgan fingerprint density at radius 1 is 0.923 bits per heavy atom. The van der Waals surface area contributed by atoms with E-state index in [9.17, 15) is 4.79 Å². The van der Waals surface area contributed by atoms with E-state index in [4.69, 9.17) is 0 Å². The van der Waals surface area contributed by atoms with E-state index in [2.05, 4.69) is 22.4 Å². The van der Waals surface area contributed by atoms with Gasteiger partial charge in [-0.2, -0.15) is 0 Å². The Labute approximate surface area is 154 Å². The summed E-state index contributed by atoms with van der Waals surface area (Å²) in [7, 11) is 0. The first-order chi connectivity index (χ1) is 12.8. The van der Waals surface area contributed by atoms with Crippen LogP contribution in [-0.4, -0.2) is 22.3 Å². The summed E-state index contributed by atoms with van der Waals surface area (Å²) in [6.45, 7) is 3.95. The number of carbonyl (C=O) groups is 1. The highest BCUT2D eigenvalue weighted by atomic mass is 16.2. The zero-order valence-corrected chi connectivity index (χ0v) is 14.9. The van der Waals surface area contributed by atoms with Gasteiger partial charge < -0.3 is 10.2 Å². The normalized spacial score (nSPS) is 10.3. The molecule has 0 spiro atoms. The van der Waals surface area contributed by atoms with Gasteiger partial charge in [0.2, 0.25) is 0 Å². The lowest BCUT2D eigenvalue weighted by molar-refractivity contribution is 0.0752. The zero-order chi connectivity index (χ0) is 18.2. The molecule has 0 radical (unpaired) electrons. The van der Waals surface area contributed by atoms with Crippen LogP contribution in [-0.2, 0) is 13.1 Å². The predicted molar refractivity (Wildman–Crippen MR) is 105 cm³/mol. The predicted octanol–water partition coefficient (Wildman–Crippen LogP) is 4.36. The van der Waals surface area contributed by atoms with Crippen LogP contribution in [0.25, 0.3) is 0 Å². The van der Waals surface area contributed by atoms with Crippen molar-refractivity contribution in [3.05, 3.63) is 95.7 Å². The minimum atomic E-state index is -0.00142. The highest BCUT2D eigenvalue weighted by Crippen LogP contribution is 2.12. The number of carbonyl (C=O) groups excluding carboxylic acids is 1. The zero-order valence-electron chi connectivity index (χ0n) is 14.9. The maximum atomic E-state index is 12.7. The Hall–Kier alpha value is -3.14. The molecule has 1 aromatic heterocycles. The molecule has 3 aromatic rings. The SMILES string of the molecule is CCN(Cc1ccccc1)C(=O)c1ccc(NCc2ccccc2)nc1. The van der Waals surface area contributed by atoms with Gasteiger partial charge in [-0.1, -0.05) is 60.7 Å². The van der Waals surface area contributed by atoms with Gasteiger partial charge in [0.1, 0.15) is 5.82 Å². The lowest BCUT2D eigenvalue weighted by Gasteiger charge is -2.21. The second-order valence-corrected chi connectivity index (χ2v) is 6.08. The van der Waals surface area contributed by atoms with Crippen molar-refractivity contribution in [2.45, 2.75) is 20.0 Å². The highest BCUT2D eigenvalue weighted by Gasteiger charge is 2.14. The quantitative estimate of drug-likeness (QED) is 0.692. The van der Waals surface area contributed by atoms with E-state index in [1.54, 1.807) is 6.20 Å². The smallest absolute Gasteiger partial charge is 0.255 e. The van der Waals surface area contributed by atoms with Crippen molar-refractivity contribution >= 4 is 11.7 Å². The minimum Gasteiger partial charge on any atom is -0.366 e. The maximum absolute atomic E-state index is 12.7. The summed E-state index contributed by atoms with van der Waals surface area (Å²) in [6, 6.07) is 23.9. The Morgan fingerprint density at radius 3 is 2.15 bits per heavy atom. The van der Waals surface area contributed by atoms with E-state index >= 15 is 0 Å². The molecule has 0 saturated heterocycles. The van der Waals surface area contributed by atoms with Crippen LogP contribution in [0.1, 0.15) is 28.4 Å². The summed E-state index contributed by atoms with van der Waals surface area (Å²) >= 11 is 0. The van der Waals surface area contributed by atoms with Crippen LogP contribution in [0.4, 0.5) is 5.82 Å². The molecule has 0 bridgehead atoms. The van der Waals surface area contributed by atoms with Gasteiger partial charge in [-0.25, -0.2) is 4.98 Å². The molecule has 3 rings (SSSR count). The summed E-state index contributed by atoms with van der Waals surface area (Å²) in [5.41, 5.74) is 2.92. The van der Waals surface area contributed by atoms with E-state index < -0.39 is 0 Å². The molecule has 1 heterocycles. The van der Waals surface area contributed by atoms with E-state index in [0.29, 0.717) is 25.2 Å². The number of benzene rings is 2. The third kappa shape index (κ3) is 4.70. The van der Waals surface area contributed by atoms with Gasteiger partial charge in [-0.15, -0.1) is 0 Å². The number of amides is 1. The molecule has 0 unspecified atom stereocenters. The van der Waals surface area contributed by atoms with Crippen LogP contribution in [0, 0.1) is 0 Å². The molecule has 132 valence electrons. The molecule has 0 aliphatic rings. The first kappa shape index (κ1) is 17.7. The fourth-order valence-electron chi connectivity index (χ4n) is 2.73. The van der Waals surface area contributed by atoms with E-state index in [0.717, 1.165) is 11.4 Å². The number of aromatic nitrogens is 1. The summed E-state index contributed by atoms with van der Waals surface area (Å²) in [4.78, 5) is 18.9. The standard InChI is InChI=1S/C22H23N3O/c1-2-25(17-19-11-7-4-8-12-19)22(26)20-13-14-21(24-16-20)23-15-18-9-5-3-6-10-18/h3-14,16H,2,15,17H2,1H3,(H,23,24). The highest BCUT2D eigenvalue weighted by molar-refractivity contribution is 5.94. The number of hydrogen-bond acceptors (Lipinski definition) is 3. The fraction of sp³-hybridized carbons (Fsp3) is 0.182. The van der Waals surface area contributed by atoms with Crippen LogP contribution in [0.2, 0.25) is 0 Å². The van der Waals surface area contributed by atoms with Crippen LogP contribution >= 0.6 is 0 Å². The maximum Gasteiger partial charge on any atom is 0.255 e. The lowest BCUT2D eigenvalue weighted by atomic mass is 10.2.